The Balaban J connectivity index is 2.43. The van der Waals surface area contributed by atoms with E-state index in [1.54, 1.807) is 11.8 Å². The van der Waals surface area contributed by atoms with Crippen molar-refractivity contribution in [1.82, 2.24) is 4.98 Å². The Morgan fingerprint density at radius 3 is 3.11 bits per heavy atom. The molecule has 0 radical (unpaired) electrons. The smallest absolute Gasteiger partial charge is 0.126 e. The second-order valence-electron chi connectivity index (χ2n) is 4.03. The number of aliphatic hydroxyl groups is 1. The zero-order valence-electron chi connectivity index (χ0n) is 11.1. The highest BCUT2D eigenvalue weighted by Crippen LogP contribution is 2.14. The Labute approximate surface area is 113 Å². The molecule has 0 saturated heterocycles. The normalized spacial score (nSPS) is 12.4. The maximum atomic E-state index is 8.74. The topological polar surface area (TPSA) is 54.4 Å². The van der Waals surface area contributed by atoms with E-state index in [2.05, 4.69) is 17.2 Å². The van der Waals surface area contributed by atoms with Crippen LogP contribution in [0.25, 0.3) is 0 Å². The molecule has 1 atom stereocenters. The first kappa shape index (κ1) is 15.3. The fourth-order valence-electron chi connectivity index (χ4n) is 1.49. The van der Waals surface area contributed by atoms with Crippen LogP contribution in [0, 0.1) is 0 Å². The molecule has 2 N–H and O–H groups in total. The Bertz CT molecular complexity index is 337. The lowest BCUT2D eigenvalue weighted by molar-refractivity contribution is 0.141. The molecule has 4 nitrogen and oxygen atoms in total. The monoisotopic (exact) mass is 270 g/mol. The van der Waals surface area contributed by atoms with E-state index in [1.807, 2.05) is 25.3 Å². The summed E-state index contributed by atoms with van der Waals surface area (Å²) >= 11 is 1.72. The summed E-state index contributed by atoms with van der Waals surface area (Å²) in [5, 5.41) is 12.1. The largest absolute Gasteiger partial charge is 0.396 e. The Hall–Kier alpha value is -0.780. The maximum absolute atomic E-state index is 8.74. The van der Waals surface area contributed by atoms with E-state index in [9.17, 15) is 0 Å². The van der Waals surface area contributed by atoms with Gasteiger partial charge in [-0.15, -0.1) is 0 Å². The summed E-state index contributed by atoms with van der Waals surface area (Å²) < 4.78 is 5.36. The van der Waals surface area contributed by atoms with E-state index in [-0.39, 0.29) is 12.6 Å². The molecule has 0 aliphatic carbocycles. The lowest BCUT2D eigenvalue weighted by Crippen LogP contribution is -2.22. The molecular weight excluding hydrogens is 248 g/mol. The van der Waals surface area contributed by atoms with Gasteiger partial charge in [-0.05, 0) is 31.5 Å². The predicted molar refractivity (Wildman–Crippen MR) is 77.1 cm³/mol. The highest BCUT2D eigenvalue weighted by Gasteiger charge is 2.03. The molecule has 0 amide bonds. The third-order valence-electron chi connectivity index (χ3n) is 2.29. The predicted octanol–water partition coefficient (Wildman–Crippen LogP) is 2.14. The average Bonchev–Trinajstić information content (AvgIpc) is 2.37. The molecule has 1 rings (SSSR count). The summed E-state index contributed by atoms with van der Waals surface area (Å²) in [4.78, 5) is 4.29. The van der Waals surface area contributed by atoms with Gasteiger partial charge in [-0.3, -0.25) is 0 Å². The fraction of sp³-hybridized carbons (Fsp3) is 0.615. The quantitative estimate of drug-likeness (QED) is 0.673. The third-order valence-corrected chi connectivity index (χ3v) is 3.30. The molecule has 1 aromatic heterocycles. The molecule has 0 spiro atoms. The van der Waals surface area contributed by atoms with Crippen LogP contribution < -0.4 is 5.32 Å². The van der Waals surface area contributed by atoms with Crippen molar-refractivity contribution in [3.63, 3.8) is 0 Å². The van der Waals surface area contributed by atoms with Crippen LogP contribution in [0.5, 0.6) is 0 Å². The Kier molecular flexibility index (Phi) is 7.80. The lowest BCUT2D eigenvalue weighted by atomic mass is 10.3. The van der Waals surface area contributed by atoms with Crippen LogP contribution in [0.4, 0.5) is 5.82 Å². The van der Waals surface area contributed by atoms with Gasteiger partial charge in [0.25, 0.3) is 0 Å². The zero-order valence-corrected chi connectivity index (χ0v) is 11.9. The summed E-state index contributed by atoms with van der Waals surface area (Å²) in [6.45, 7) is 5.71. The van der Waals surface area contributed by atoms with E-state index >= 15 is 0 Å². The number of thioether (sulfide) groups is 1. The molecule has 0 aliphatic heterocycles. The Morgan fingerprint density at radius 2 is 2.39 bits per heavy atom. The third kappa shape index (κ3) is 6.23. The number of anilines is 1. The van der Waals surface area contributed by atoms with Gasteiger partial charge in [-0.2, -0.15) is 11.8 Å². The second kappa shape index (κ2) is 9.19. The second-order valence-corrected chi connectivity index (χ2v) is 5.14. The molecule has 18 heavy (non-hydrogen) atoms. The molecule has 0 aromatic carbocycles. The van der Waals surface area contributed by atoms with Gasteiger partial charge < -0.3 is 15.2 Å². The first-order valence-corrected chi connectivity index (χ1v) is 7.39. The fourth-order valence-corrected chi connectivity index (χ4v) is 2.18. The standard InChI is InChI=1S/C13H22N2O2S/c1-3-17-9-11(2)15-13-8-12(4-5-14-13)10-18-7-6-16/h4-5,8,11,16H,3,6-7,9-10H2,1-2H3,(H,14,15). The van der Waals surface area contributed by atoms with Crippen LogP contribution in [0.1, 0.15) is 19.4 Å². The first-order chi connectivity index (χ1) is 8.76. The number of hydrogen-bond acceptors (Lipinski definition) is 5. The van der Waals surface area contributed by atoms with Crippen molar-refractivity contribution >= 4 is 17.6 Å². The molecule has 5 heteroatoms. The maximum Gasteiger partial charge on any atom is 0.126 e. The summed E-state index contributed by atoms with van der Waals surface area (Å²) in [6.07, 6.45) is 1.81. The molecule has 0 aliphatic rings. The zero-order chi connectivity index (χ0) is 13.2. The van der Waals surface area contributed by atoms with Gasteiger partial charge in [0.15, 0.2) is 0 Å². The molecule has 0 saturated carbocycles. The molecule has 102 valence electrons. The summed E-state index contributed by atoms with van der Waals surface area (Å²) in [5.74, 6) is 2.55. The minimum atomic E-state index is 0.228. The molecule has 1 unspecified atom stereocenters. The number of aliphatic hydroxyl groups excluding tert-OH is 1. The molecule has 0 fully saturated rings. The minimum Gasteiger partial charge on any atom is -0.396 e. The van der Waals surface area contributed by atoms with E-state index in [0.29, 0.717) is 6.61 Å². The van der Waals surface area contributed by atoms with Crippen molar-refractivity contribution in [2.24, 2.45) is 0 Å². The number of hydrogen-bond donors (Lipinski definition) is 2. The van der Waals surface area contributed by atoms with Crippen molar-refractivity contribution in [3.8, 4) is 0 Å². The number of nitrogens with one attached hydrogen (secondary N) is 1. The van der Waals surface area contributed by atoms with Gasteiger partial charge in [-0.25, -0.2) is 4.98 Å². The highest BCUT2D eigenvalue weighted by atomic mass is 32.2. The number of ether oxygens (including phenoxy) is 1. The van der Waals surface area contributed by atoms with Gasteiger partial charge in [0, 0.05) is 30.4 Å². The van der Waals surface area contributed by atoms with Crippen molar-refractivity contribution in [1.29, 1.82) is 0 Å². The first-order valence-electron chi connectivity index (χ1n) is 6.24. The number of nitrogens with zero attached hydrogens (tertiary/aromatic N) is 1. The summed E-state index contributed by atoms with van der Waals surface area (Å²) in [5.41, 5.74) is 1.22. The molecule has 0 bridgehead atoms. The van der Waals surface area contributed by atoms with Crippen molar-refractivity contribution in [2.45, 2.75) is 25.6 Å². The Morgan fingerprint density at radius 1 is 1.56 bits per heavy atom. The van der Waals surface area contributed by atoms with Crippen LogP contribution in [0.2, 0.25) is 0 Å². The molecule has 1 aromatic rings. The number of aromatic nitrogens is 1. The van der Waals surface area contributed by atoms with Crippen LogP contribution in [0.15, 0.2) is 18.3 Å². The lowest BCUT2D eigenvalue weighted by Gasteiger charge is -2.14. The van der Waals surface area contributed by atoms with E-state index in [0.717, 1.165) is 23.9 Å². The highest BCUT2D eigenvalue weighted by molar-refractivity contribution is 7.98. The van der Waals surface area contributed by atoms with Crippen molar-refractivity contribution < 1.29 is 9.84 Å². The number of rotatable bonds is 9. The van der Waals surface area contributed by atoms with Crippen molar-refractivity contribution in [2.75, 3.05) is 30.9 Å². The van der Waals surface area contributed by atoms with Gasteiger partial charge in [-0.1, -0.05) is 0 Å². The van der Waals surface area contributed by atoms with Gasteiger partial charge in [0.05, 0.1) is 13.2 Å². The summed E-state index contributed by atoms with van der Waals surface area (Å²) in [7, 11) is 0. The number of pyridine rings is 1. The van der Waals surface area contributed by atoms with E-state index < -0.39 is 0 Å². The van der Waals surface area contributed by atoms with Crippen molar-refractivity contribution in [3.05, 3.63) is 23.9 Å². The van der Waals surface area contributed by atoms with Crippen LogP contribution >= 0.6 is 11.8 Å². The van der Waals surface area contributed by atoms with Gasteiger partial charge >= 0.3 is 0 Å². The van der Waals surface area contributed by atoms with Gasteiger partial charge in [0.1, 0.15) is 5.82 Å². The minimum absolute atomic E-state index is 0.228. The van der Waals surface area contributed by atoms with Crippen LogP contribution in [-0.4, -0.2) is 41.7 Å². The molecular formula is C13H22N2O2S. The van der Waals surface area contributed by atoms with Crippen LogP contribution in [0.3, 0.4) is 0 Å². The van der Waals surface area contributed by atoms with E-state index in [4.69, 9.17) is 9.84 Å². The summed E-state index contributed by atoms with van der Waals surface area (Å²) in [6, 6.07) is 4.30. The van der Waals surface area contributed by atoms with Crippen LogP contribution in [-0.2, 0) is 10.5 Å². The van der Waals surface area contributed by atoms with E-state index in [1.165, 1.54) is 5.56 Å². The average molecular weight is 270 g/mol. The van der Waals surface area contributed by atoms with Gasteiger partial charge in [0.2, 0.25) is 0 Å². The SMILES string of the molecule is CCOCC(C)Nc1cc(CSCCO)ccn1. The molecule has 1 heterocycles.